The van der Waals surface area contributed by atoms with Crippen molar-refractivity contribution in [1.29, 1.82) is 0 Å². The maximum absolute atomic E-state index is 12.2. The molecule has 8 heteroatoms. The van der Waals surface area contributed by atoms with Gasteiger partial charge < -0.3 is 18.9 Å². The molecule has 31 heavy (non-hydrogen) atoms. The number of carbonyl (C=O) groups is 1. The molecule has 4 rings (SSSR count). The van der Waals surface area contributed by atoms with Crippen LogP contribution in [0, 0.1) is 0 Å². The Bertz CT molecular complexity index is 1370. The molecule has 158 valence electrons. The van der Waals surface area contributed by atoms with E-state index in [2.05, 4.69) is 9.97 Å². The van der Waals surface area contributed by atoms with E-state index in [1.165, 1.54) is 13.2 Å². The first-order chi connectivity index (χ1) is 15.0. The number of hydrogen-bond donors (Lipinski definition) is 1. The Hall–Kier alpha value is -3.94. The molecule has 0 saturated carbocycles. The van der Waals surface area contributed by atoms with Crippen molar-refractivity contribution in [3.05, 3.63) is 80.7 Å². The molecule has 0 fully saturated rings. The highest BCUT2D eigenvalue weighted by Crippen LogP contribution is 2.23. The summed E-state index contributed by atoms with van der Waals surface area (Å²) in [5.41, 5.74) is 0.815. The lowest BCUT2D eigenvalue weighted by molar-refractivity contribution is -0.145. The molecule has 2 aromatic heterocycles. The molecule has 4 aromatic rings. The van der Waals surface area contributed by atoms with Crippen molar-refractivity contribution in [1.82, 2.24) is 9.97 Å². The number of nitrogens with zero attached hydrogens (tertiary/aromatic N) is 1. The van der Waals surface area contributed by atoms with Crippen molar-refractivity contribution in [2.24, 2.45) is 0 Å². The highest BCUT2D eigenvalue weighted by atomic mass is 16.5. The minimum atomic E-state index is -0.530. The summed E-state index contributed by atoms with van der Waals surface area (Å²) >= 11 is 0. The number of carbonyl (C=O) groups excluding carboxylic acids is 1. The van der Waals surface area contributed by atoms with E-state index in [-0.39, 0.29) is 18.6 Å². The molecule has 0 unspecified atom stereocenters. The van der Waals surface area contributed by atoms with Gasteiger partial charge in [0, 0.05) is 35.9 Å². The highest BCUT2D eigenvalue weighted by Gasteiger charge is 2.11. The van der Waals surface area contributed by atoms with Crippen LogP contribution in [0.4, 0.5) is 0 Å². The predicted molar refractivity (Wildman–Crippen MR) is 114 cm³/mol. The molecule has 0 aliphatic heterocycles. The van der Waals surface area contributed by atoms with Crippen LogP contribution in [-0.2, 0) is 22.6 Å². The number of benzene rings is 2. The number of aryl methyl sites for hydroxylation is 1. The van der Waals surface area contributed by atoms with E-state index >= 15 is 0 Å². The van der Waals surface area contributed by atoms with Gasteiger partial charge >= 0.3 is 11.6 Å². The number of H-pyrrole nitrogens is 1. The smallest absolute Gasteiger partial charge is 0.336 e. The quantitative estimate of drug-likeness (QED) is 0.361. The first-order valence-corrected chi connectivity index (χ1v) is 9.78. The fraction of sp³-hybridized carbons (Fsp3) is 0.217. The number of aromatic nitrogens is 2. The second-order valence-electron chi connectivity index (χ2n) is 7.00. The summed E-state index contributed by atoms with van der Waals surface area (Å²) in [7, 11) is 1.52. The van der Waals surface area contributed by atoms with Crippen LogP contribution in [-0.4, -0.2) is 23.0 Å². The van der Waals surface area contributed by atoms with E-state index in [0.29, 0.717) is 51.9 Å². The van der Waals surface area contributed by atoms with E-state index in [0.717, 1.165) is 0 Å². The Morgan fingerprint density at radius 3 is 2.77 bits per heavy atom. The van der Waals surface area contributed by atoms with Crippen LogP contribution in [0.15, 0.2) is 62.5 Å². The van der Waals surface area contributed by atoms with Crippen LogP contribution in [0.5, 0.6) is 5.75 Å². The number of fused-ring (bicyclic) bond motifs is 2. The zero-order chi connectivity index (χ0) is 21.8. The summed E-state index contributed by atoms with van der Waals surface area (Å²) in [4.78, 5) is 43.3. The zero-order valence-electron chi connectivity index (χ0n) is 16.8. The topological polar surface area (TPSA) is 111 Å². The van der Waals surface area contributed by atoms with E-state index in [1.807, 2.05) is 6.07 Å². The molecule has 2 aromatic carbocycles. The van der Waals surface area contributed by atoms with Gasteiger partial charge in [-0.2, -0.15) is 0 Å². The van der Waals surface area contributed by atoms with E-state index in [4.69, 9.17) is 13.9 Å². The average molecular weight is 420 g/mol. The van der Waals surface area contributed by atoms with E-state index in [1.54, 1.807) is 36.4 Å². The normalized spacial score (nSPS) is 11.0. The predicted octanol–water partition coefficient (Wildman–Crippen LogP) is 3.10. The molecule has 0 amide bonds. The van der Waals surface area contributed by atoms with Gasteiger partial charge in [-0.05, 0) is 30.7 Å². The minimum Gasteiger partial charge on any atom is -0.497 e. The van der Waals surface area contributed by atoms with E-state index < -0.39 is 11.6 Å². The molecule has 0 radical (unpaired) electrons. The van der Waals surface area contributed by atoms with Crippen LogP contribution in [0.25, 0.3) is 21.9 Å². The molecule has 0 aliphatic rings. The Kier molecular flexibility index (Phi) is 5.79. The highest BCUT2D eigenvalue weighted by molar-refractivity contribution is 5.82. The molecule has 2 heterocycles. The van der Waals surface area contributed by atoms with Crippen LogP contribution >= 0.6 is 0 Å². The van der Waals surface area contributed by atoms with Gasteiger partial charge in [0.2, 0.25) is 0 Å². The maximum Gasteiger partial charge on any atom is 0.336 e. The van der Waals surface area contributed by atoms with E-state index in [9.17, 15) is 14.4 Å². The fourth-order valence-corrected chi connectivity index (χ4v) is 3.34. The van der Waals surface area contributed by atoms with Crippen LogP contribution in [0.1, 0.15) is 24.2 Å². The summed E-state index contributed by atoms with van der Waals surface area (Å²) in [6, 6.07) is 13.5. The van der Waals surface area contributed by atoms with Crippen molar-refractivity contribution in [2.45, 2.75) is 25.9 Å². The zero-order valence-corrected chi connectivity index (χ0v) is 16.8. The lowest BCUT2D eigenvalue weighted by Crippen LogP contribution is -2.12. The molecular formula is C23H20N2O6. The first kappa shape index (κ1) is 20.3. The lowest BCUT2D eigenvalue weighted by Gasteiger charge is -2.08. The number of hydrogen-bond acceptors (Lipinski definition) is 7. The molecule has 0 spiro atoms. The number of methoxy groups -OCH3 is 1. The molecule has 0 bridgehead atoms. The molecule has 8 nitrogen and oxygen atoms in total. The van der Waals surface area contributed by atoms with Gasteiger partial charge in [0.15, 0.2) is 0 Å². The number of para-hydroxylation sites is 1. The lowest BCUT2D eigenvalue weighted by atomic mass is 10.1. The standard InChI is InChI=1S/C23H20N2O6/c1-29-15-9-10-16-14(11-22(27)31-19(16)12-15)13-30-21(26)8-4-7-20-24-18-6-3-2-5-17(18)23(28)25-20/h2-3,5-6,9-12H,4,7-8,13H2,1H3,(H,24,25,28). The van der Waals surface area contributed by atoms with Gasteiger partial charge in [-0.15, -0.1) is 0 Å². The number of nitrogens with one attached hydrogen (secondary N) is 1. The molecule has 1 N–H and O–H groups in total. The van der Waals surface area contributed by atoms with Gasteiger partial charge in [0.25, 0.3) is 5.56 Å². The molecule has 0 atom stereocenters. The number of aromatic amines is 1. The van der Waals surface area contributed by atoms with Gasteiger partial charge in [-0.25, -0.2) is 9.78 Å². The summed E-state index contributed by atoms with van der Waals surface area (Å²) in [6.07, 6.45) is 1.06. The number of rotatable bonds is 7. The van der Waals surface area contributed by atoms with Crippen molar-refractivity contribution in [3.8, 4) is 5.75 Å². The third kappa shape index (κ3) is 4.63. The second kappa shape index (κ2) is 8.83. The Morgan fingerprint density at radius 2 is 1.94 bits per heavy atom. The average Bonchev–Trinajstić information content (AvgIpc) is 2.77. The fourth-order valence-electron chi connectivity index (χ4n) is 3.34. The largest absolute Gasteiger partial charge is 0.497 e. The number of ether oxygens (including phenoxy) is 2. The van der Waals surface area contributed by atoms with Crippen molar-refractivity contribution >= 4 is 27.8 Å². The van der Waals surface area contributed by atoms with Crippen molar-refractivity contribution in [2.75, 3.05) is 7.11 Å². The van der Waals surface area contributed by atoms with Gasteiger partial charge in [0.05, 0.1) is 18.0 Å². The van der Waals surface area contributed by atoms with Crippen LogP contribution in [0.3, 0.4) is 0 Å². The number of esters is 1. The van der Waals surface area contributed by atoms with Crippen LogP contribution in [0.2, 0.25) is 0 Å². The summed E-state index contributed by atoms with van der Waals surface area (Å²) < 4.78 is 15.7. The van der Waals surface area contributed by atoms with Crippen molar-refractivity contribution in [3.63, 3.8) is 0 Å². The summed E-state index contributed by atoms with van der Waals surface area (Å²) in [5, 5.41) is 1.20. The molecular weight excluding hydrogens is 400 g/mol. The second-order valence-corrected chi connectivity index (χ2v) is 7.00. The van der Waals surface area contributed by atoms with Crippen LogP contribution < -0.4 is 15.9 Å². The van der Waals surface area contributed by atoms with Gasteiger partial charge in [-0.3, -0.25) is 9.59 Å². The Balaban J connectivity index is 1.37. The summed E-state index contributed by atoms with van der Waals surface area (Å²) in [6.45, 7) is -0.0433. The first-order valence-electron chi connectivity index (χ1n) is 9.78. The summed E-state index contributed by atoms with van der Waals surface area (Å²) in [5.74, 6) is 0.681. The van der Waals surface area contributed by atoms with Gasteiger partial charge in [0.1, 0.15) is 23.8 Å². The molecule has 0 aliphatic carbocycles. The SMILES string of the molecule is COc1ccc2c(COC(=O)CCCc3nc4ccccc4c(=O)[nH]3)cc(=O)oc2c1. The monoisotopic (exact) mass is 420 g/mol. The van der Waals surface area contributed by atoms with Crippen molar-refractivity contribution < 1.29 is 18.7 Å². The Labute approximate surface area is 176 Å². The Morgan fingerprint density at radius 1 is 1.10 bits per heavy atom. The molecule has 0 saturated heterocycles. The minimum absolute atomic E-state index is 0.0433. The third-order valence-electron chi connectivity index (χ3n) is 4.88. The van der Waals surface area contributed by atoms with Gasteiger partial charge in [-0.1, -0.05) is 12.1 Å². The maximum atomic E-state index is 12.2. The third-order valence-corrected chi connectivity index (χ3v) is 4.88.